The summed E-state index contributed by atoms with van der Waals surface area (Å²) < 4.78 is 5.95. The van der Waals surface area contributed by atoms with E-state index in [9.17, 15) is 0 Å². The zero-order chi connectivity index (χ0) is 9.38. The molecule has 14 heavy (non-hydrogen) atoms. The van der Waals surface area contributed by atoms with Crippen molar-refractivity contribution in [1.29, 1.82) is 0 Å². The Hall–Kier alpha value is -0.630. The Morgan fingerprint density at radius 2 is 1.93 bits per heavy atom. The number of hydrogen-bond donors (Lipinski definition) is 0. The van der Waals surface area contributed by atoms with E-state index in [1.807, 2.05) is 11.8 Å². The van der Waals surface area contributed by atoms with Gasteiger partial charge >= 0.3 is 0 Å². The first-order chi connectivity index (χ1) is 6.93. The van der Waals surface area contributed by atoms with Crippen molar-refractivity contribution < 1.29 is 4.74 Å². The summed E-state index contributed by atoms with van der Waals surface area (Å²) in [5, 5.41) is 0. The van der Waals surface area contributed by atoms with Crippen LogP contribution < -0.4 is 4.74 Å². The monoisotopic (exact) mass is 206 g/mol. The van der Waals surface area contributed by atoms with Gasteiger partial charge in [-0.15, -0.1) is 0 Å². The van der Waals surface area contributed by atoms with Crippen LogP contribution >= 0.6 is 11.8 Å². The first-order valence-corrected chi connectivity index (χ1v) is 6.24. The maximum atomic E-state index is 5.95. The highest BCUT2D eigenvalue weighted by Crippen LogP contribution is 2.46. The summed E-state index contributed by atoms with van der Waals surface area (Å²) in [4.78, 5) is 1.32. The number of benzene rings is 1. The molecule has 1 heterocycles. The highest BCUT2D eigenvalue weighted by atomic mass is 32.2. The summed E-state index contributed by atoms with van der Waals surface area (Å²) >= 11 is 1.91. The van der Waals surface area contributed by atoms with Gasteiger partial charge in [-0.05, 0) is 25.0 Å². The Labute approximate surface area is 88.8 Å². The zero-order valence-corrected chi connectivity index (χ0v) is 8.93. The van der Waals surface area contributed by atoms with Crippen LogP contribution in [0.15, 0.2) is 29.2 Å². The molecule has 0 bridgehead atoms. The molecule has 0 saturated heterocycles. The first-order valence-electron chi connectivity index (χ1n) is 5.36. The molecule has 1 aliphatic carbocycles. The topological polar surface area (TPSA) is 9.23 Å². The summed E-state index contributed by atoms with van der Waals surface area (Å²) in [5.74, 6) is 1.88. The minimum Gasteiger partial charge on any atom is -0.478 e. The third-order valence-electron chi connectivity index (χ3n) is 3.12. The van der Waals surface area contributed by atoms with Gasteiger partial charge in [0.05, 0.1) is 4.90 Å². The van der Waals surface area contributed by atoms with Gasteiger partial charge < -0.3 is 4.74 Å². The highest BCUT2D eigenvalue weighted by molar-refractivity contribution is 8.00. The number of para-hydroxylation sites is 1. The molecule has 1 nitrogen and oxygen atoms in total. The highest BCUT2D eigenvalue weighted by Gasteiger charge is 2.32. The number of hydrogen-bond acceptors (Lipinski definition) is 2. The predicted octanol–water partition coefficient (Wildman–Crippen LogP) is 3.69. The van der Waals surface area contributed by atoms with Crippen molar-refractivity contribution in [3.63, 3.8) is 0 Å². The normalized spacial score (nSPS) is 26.1. The van der Waals surface area contributed by atoms with E-state index in [1.165, 1.54) is 30.6 Å². The van der Waals surface area contributed by atoms with E-state index >= 15 is 0 Å². The molecular weight excluding hydrogens is 192 g/mol. The van der Waals surface area contributed by atoms with Crippen LogP contribution in [0.5, 0.6) is 5.75 Å². The van der Waals surface area contributed by atoms with E-state index in [2.05, 4.69) is 24.3 Å². The second-order valence-corrected chi connectivity index (χ2v) is 5.24. The van der Waals surface area contributed by atoms with Crippen LogP contribution in [0.25, 0.3) is 0 Å². The fraction of sp³-hybridized carbons (Fsp3) is 0.500. The molecule has 2 aliphatic rings. The molecule has 1 atom stereocenters. The van der Waals surface area contributed by atoms with Gasteiger partial charge in [-0.25, -0.2) is 0 Å². The van der Waals surface area contributed by atoms with E-state index < -0.39 is 0 Å². The number of rotatable bonds is 1. The molecule has 1 aliphatic heterocycles. The fourth-order valence-corrected chi connectivity index (χ4v) is 3.60. The molecule has 1 aromatic rings. The lowest BCUT2D eigenvalue weighted by Gasteiger charge is -2.16. The number of fused-ring (bicyclic) bond motifs is 1. The quantitative estimate of drug-likeness (QED) is 0.693. The predicted molar refractivity (Wildman–Crippen MR) is 58.7 cm³/mol. The van der Waals surface area contributed by atoms with Crippen LogP contribution in [0.4, 0.5) is 0 Å². The zero-order valence-electron chi connectivity index (χ0n) is 8.11. The second-order valence-electron chi connectivity index (χ2n) is 4.10. The Morgan fingerprint density at radius 1 is 1.14 bits per heavy atom. The average Bonchev–Trinajstić information content (AvgIpc) is 2.86. The lowest BCUT2D eigenvalue weighted by Crippen LogP contribution is -2.17. The van der Waals surface area contributed by atoms with E-state index in [4.69, 9.17) is 4.74 Å². The Balaban J connectivity index is 1.77. The van der Waals surface area contributed by atoms with Crippen LogP contribution in [-0.4, -0.2) is 5.44 Å². The maximum Gasteiger partial charge on any atom is 0.151 e. The summed E-state index contributed by atoms with van der Waals surface area (Å²) in [6, 6.07) is 8.38. The summed E-state index contributed by atoms with van der Waals surface area (Å²) in [7, 11) is 0. The van der Waals surface area contributed by atoms with Gasteiger partial charge in [0.2, 0.25) is 0 Å². The van der Waals surface area contributed by atoms with Crippen molar-refractivity contribution in [1.82, 2.24) is 0 Å². The van der Waals surface area contributed by atoms with E-state index in [0.29, 0.717) is 5.44 Å². The summed E-state index contributed by atoms with van der Waals surface area (Å²) in [5.41, 5.74) is 0.398. The lowest BCUT2D eigenvalue weighted by atomic mass is 10.1. The minimum absolute atomic E-state index is 0.398. The van der Waals surface area contributed by atoms with Crippen molar-refractivity contribution in [2.24, 2.45) is 5.92 Å². The van der Waals surface area contributed by atoms with Gasteiger partial charge in [0, 0.05) is 5.92 Å². The summed E-state index contributed by atoms with van der Waals surface area (Å²) in [6.07, 6.45) is 5.49. The first kappa shape index (κ1) is 8.66. The third-order valence-corrected chi connectivity index (χ3v) is 4.42. The van der Waals surface area contributed by atoms with Crippen LogP contribution in [0.2, 0.25) is 0 Å². The van der Waals surface area contributed by atoms with Gasteiger partial charge in [0.1, 0.15) is 5.75 Å². The van der Waals surface area contributed by atoms with Crippen molar-refractivity contribution in [3.05, 3.63) is 24.3 Å². The van der Waals surface area contributed by atoms with Crippen LogP contribution in [0.1, 0.15) is 25.7 Å². The van der Waals surface area contributed by atoms with Gasteiger partial charge in [0.15, 0.2) is 5.44 Å². The lowest BCUT2D eigenvalue weighted by molar-refractivity contribution is 0.225. The molecule has 0 N–H and O–H groups in total. The van der Waals surface area contributed by atoms with Crippen molar-refractivity contribution in [2.75, 3.05) is 0 Å². The van der Waals surface area contributed by atoms with Crippen LogP contribution in [0.3, 0.4) is 0 Å². The van der Waals surface area contributed by atoms with E-state index in [-0.39, 0.29) is 0 Å². The molecular formula is C12H14OS. The molecule has 1 aromatic carbocycles. The minimum atomic E-state index is 0.398. The second kappa shape index (κ2) is 3.50. The molecule has 0 aromatic heterocycles. The molecule has 1 unspecified atom stereocenters. The SMILES string of the molecule is c1ccc2c(c1)OC(C1CCCC1)S2. The molecule has 0 radical (unpaired) electrons. The largest absolute Gasteiger partial charge is 0.478 e. The average molecular weight is 206 g/mol. The molecule has 3 rings (SSSR count). The Morgan fingerprint density at radius 3 is 2.71 bits per heavy atom. The van der Waals surface area contributed by atoms with Gasteiger partial charge in [-0.1, -0.05) is 36.7 Å². The van der Waals surface area contributed by atoms with Gasteiger partial charge in [-0.2, -0.15) is 0 Å². The smallest absolute Gasteiger partial charge is 0.151 e. The Kier molecular flexibility index (Phi) is 2.17. The number of ether oxygens (including phenoxy) is 1. The van der Waals surface area contributed by atoms with Crippen molar-refractivity contribution in [2.45, 2.75) is 36.0 Å². The number of thioether (sulfide) groups is 1. The maximum absolute atomic E-state index is 5.95. The standard InChI is InChI=1S/C12H14OS/c1-2-6-9(5-1)12-13-10-7-3-4-8-11(10)14-12/h3-4,7-9,12H,1-2,5-6H2. The molecule has 1 saturated carbocycles. The summed E-state index contributed by atoms with van der Waals surface area (Å²) in [6.45, 7) is 0. The van der Waals surface area contributed by atoms with Gasteiger partial charge in [0.25, 0.3) is 0 Å². The van der Waals surface area contributed by atoms with Crippen molar-refractivity contribution in [3.8, 4) is 5.75 Å². The van der Waals surface area contributed by atoms with Crippen molar-refractivity contribution >= 4 is 11.8 Å². The van der Waals surface area contributed by atoms with E-state index in [0.717, 1.165) is 11.7 Å². The van der Waals surface area contributed by atoms with Crippen LogP contribution in [-0.2, 0) is 0 Å². The molecule has 0 amide bonds. The van der Waals surface area contributed by atoms with Crippen LogP contribution in [0, 0.1) is 5.92 Å². The fourth-order valence-electron chi connectivity index (χ4n) is 2.34. The van der Waals surface area contributed by atoms with Gasteiger partial charge in [-0.3, -0.25) is 0 Å². The van der Waals surface area contributed by atoms with E-state index in [1.54, 1.807) is 0 Å². The third kappa shape index (κ3) is 1.42. The molecule has 0 spiro atoms. The molecule has 2 heteroatoms. The Bertz CT molecular complexity index is 306. The molecule has 74 valence electrons. The molecule has 1 fully saturated rings.